The van der Waals surface area contributed by atoms with E-state index >= 15 is 0 Å². The van der Waals surface area contributed by atoms with Crippen molar-refractivity contribution in [1.29, 1.82) is 0 Å². The molecule has 0 aliphatic heterocycles. The van der Waals surface area contributed by atoms with Crippen molar-refractivity contribution in [1.82, 2.24) is 0 Å². The lowest BCUT2D eigenvalue weighted by molar-refractivity contribution is 0.289. The van der Waals surface area contributed by atoms with Crippen molar-refractivity contribution in [3.8, 4) is 5.75 Å². The monoisotopic (exact) mass is 231 g/mol. The van der Waals surface area contributed by atoms with Crippen molar-refractivity contribution in [2.75, 3.05) is 0 Å². The fourth-order valence-corrected chi connectivity index (χ4v) is 1.39. The maximum atomic E-state index is 11.6. The second-order valence-electron chi connectivity index (χ2n) is 3.55. The number of hydrogen-bond donors (Lipinski definition) is 1. The third-order valence-corrected chi connectivity index (χ3v) is 2.29. The van der Waals surface area contributed by atoms with Crippen LogP contribution in [0.5, 0.6) is 5.75 Å². The molecule has 2 aromatic rings. The van der Waals surface area contributed by atoms with E-state index in [1.54, 1.807) is 0 Å². The zero-order valence-corrected chi connectivity index (χ0v) is 9.26. The maximum Gasteiger partial charge on any atom is 0.227 e. The molecular formula is C13H13NO3. The van der Waals surface area contributed by atoms with Gasteiger partial charge in [0.05, 0.1) is 6.54 Å². The first-order chi connectivity index (χ1) is 8.29. The van der Waals surface area contributed by atoms with Crippen LogP contribution in [-0.4, -0.2) is 0 Å². The van der Waals surface area contributed by atoms with Crippen LogP contribution >= 0.6 is 0 Å². The second kappa shape index (κ2) is 5.32. The molecule has 0 amide bonds. The molecule has 4 heteroatoms. The van der Waals surface area contributed by atoms with Crippen LogP contribution in [0.1, 0.15) is 11.3 Å². The summed E-state index contributed by atoms with van der Waals surface area (Å²) in [7, 11) is 0. The van der Waals surface area contributed by atoms with E-state index in [0.29, 0.717) is 12.4 Å². The van der Waals surface area contributed by atoms with Crippen LogP contribution in [0.4, 0.5) is 0 Å². The van der Waals surface area contributed by atoms with Gasteiger partial charge in [-0.1, -0.05) is 30.3 Å². The van der Waals surface area contributed by atoms with Gasteiger partial charge < -0.3 is 14.9 Å². The van der Waals surface area contributed by atoms with Gasteiger partial charge in [0.1, 0.15) is 18.6 Å². The SMILES string of the molecule is NCc1cc(=O)c(OCc2ccccc2)co1. The number of nitrogens with two attached hydrogens (primary N) is 1. The first-order valence-electron chi connectivity index (χ1n) is 5.28. The highest BCUT2D eigenvalue weighted by molar-refractivity contribution is 5.19. The van der Waals surface area contributed by atoms with E-state index in [9.17, 15) is 4.79 Å². The van der Waals surface area contributed by atoms with Crippen LogP contribution in [0.15, 0.2) is 51.9 Å². The van der Waals surface area contributed by atoms with Crippen LogP contribution in [0.2, 0.25) is 0 Å². The first kappa shape index (κ1) is 11.4. The second-order valence-corrected chi connectivity index (χ2v) is 3.55. The molecule has 0 saturated carbocycles. The van der Waals surface area contributed by atoms with Gasteiger partial charge in [-0.3, -0.25) is 4.79 Å². The Kier molecular flexibility index (Phi) is 3.57. The first-order valence-corrected chi connectivity index (χ1v) is 5.28. The molecular weight excluding hydrogens is 218 g/mol. The van der Waals surface area contributed by atoms with Crippen molar-refractivity contribution >= 4 is 0 Å². The molecule has 1 aromatic carbocycles. The minimum Gasteiger partial charge on any atom is -0.482 e. The topological polar surface area (TPSA) is 65.5 Å². The summed E-state index contributed by atoms with van der Waals surface area (Å²) in [6, 6.07) is 11.0. The summed E-state index contributed by atoms with van der Waals surface area (Å²) in [6.45, 7) is 0.543. The fourth-order valence-electron chi connectivity index (χ4n) is 1.39. The summed E-state index contributed by atoms with van der Waals surface area (Å²) in [5, 5.41) is 0. The lowest BCUT2D eigenvalue weighted by atomic mass is 10.2. The fraction of sp³-hybridized carbons (Fsp3) is 0.154. The predicted octanol–water partition coefficient (Wildman–Crippen LogP) is 1.68. The molecule has 0 fully saturated rings. The van der Waals surface area contributed by atoms with Crippen molar-refractivity contribution in [2.45, 2.75) is 13.2 Å². The lowest BCUT2D eigenvalue weighted by Crippen LogP contribution is -2.09. The molecule has 4 nitrogen and oxygen atoms in total. The summed E-state index contributed by atoms with van der Waals surface area (Å²) >= 11 is 0. The minimum atomic E-state index is -0.215. The van der Waals surface area contributed by atoms with Crippen LogP contribution < -0.4 is 15.9 Å². The third-order valence-electron chi connectivity index (χ3n) is 2.29. The zero-order valence-electron chi connectivity index (χ0n) is 9.26. The average molecular weight is 231 g/mol. The molecule has 17 heavy (non-hydrogen) atoms. The van der Waals surface area contributed by atoms with Gasteiger partial charge in [-0.25, -0.2) is 0 Å². The van der Waals surface area contributed by atoms with Gasteiger partial charge in [-0.05, 0) is 5.56 Å². The Morgan fingerprint density at radius 1 is 1.24 bits per heavy atom. The van der Waals surface area contributed by atoms with E-state index in [1.165, 1.54) is 12.3 Å². The smallest absolute Gasteiger partial charge is 0.227 e. The summed E-state index contributed by atoms with van der Waals surface area (Å²) in [4.78, 5) is 11.6. The van der Waals surface area contributed by atoms with Crippen molar-refractivity contribution in [2.24, 2.45) is 5.73 Å². The van der Waals surface area contributed by atoms with Gasteiger partial charge in [-0.15, -0.1) is 0 Å². The molecule has 0 atom stereocenters. The summed E-state index contributed by atoms with van der Waals surface area (Å²) in [6.07, 6.45) is 1.30. The molecule has 0 bridgehead atoms. The number of ether oxygens (including phenoxy) is 1. The third kappa shape index (κ3) is 2.95. The van der Waals surface area contributed by atoms with Crippen LogP contribution in [0.3, 0.4) is 0 Å². The van der Waals surface area contributed by atoms with E-state index in [1.807, 2.05) is 30.3 Å². The molecule has 0 saturated heterocycles. The Morgan fingerprint density at radius 3 is 2.65 bits per heavy atom. The molecule has 2 rings (SSSR count). The lowest BCUT2D eigenvalue weighted by Gasteiger charge is -2.05. The van der Waals surface area contributed by atoms with E-state index in [0.717, 1.165) is 5.56 Å². The highest BCUT2D eigenvalue weighted by Gasteiger charge is 2.03. The summed E-state index contributed by atoms with van der Waals surface area (Å²) in [5.41, 5.74) is 6.14. The highest BCUT2D eigenvalue weighted by Crippen LogP contribution is 2.08. The molecule has 88 valence electrons. The highest BCUT2D eigenvalue weighted by atomic mass is 16.5. The van der Waals surface area contributed by atoms with Crippen LogP contribution in [-0.2, 0) is 13.2 Å². The van der Waals surface area contributed by atoms with Gasteiger partial charge in [0.15, 0.2) is 0 Å². The van der Waals surface area contributed by atoms with Gasteiger partial charge in [0.25, 0.3) is 0 Å². The van der Waals surface area contributed by atoms with E-state index in [-0.39, 0.29) is 17.7 Å². The molecule has 1 aromatic heterocycles. The Labute approximate surface area is 98.6 Å². The minimum absolute atomic E-state index is 0.200. The van der Waals surface area contributed by atoms with Gasteiger partial charge in [0, 0.05) is 6.07 Å². The molecule has 0 spiro atoms. The Morgan fingerprint density at radius 2 is 2.00 bits per heavy atom. The average Bonchev–Trinajstić information content (AvgIpc) is 2.38. The van der Waals surface area contributed by atoms with Gasteiger partial charge >= 0.3 is 0 Å². The largest absolute Gasteiger partial charge is 0.482 e. The van der Waals surface area contributed by atoms with Crippen molar-refractivity contribution in [3.05, 3.63) is 64.2 Å². The van der Waals surface area contributed by atoms with Crippen LogP contribution in [0, 0.1) is 0 Å². The Balaban J connectivity index is 2.07. The molecule has 0 aliphatic carbocycles. The Hall–Kier alpha value is -2.07. The quantitative estimate of drug-likeness (QED) is 0.869. The van der Waals surface area contributed by atoms with Crippen molar-refractivity contribution < 1.29 is 9.15 Å². The van der Waals surface area contributed by atoms with E-state index in [4.69, 9.17) is 14.9 Å². The molecule has 0 radical (unpaired) electrons. The zero-order chi connectivity index (χ0) is 12.1. The molecule has 0 aliphatic rings. The molecule has 2 N–H and O–H groups in total. The van der Waals surface area contributed by atoms with E-state index < -0.39 is 0 Å². The predicted molar refractivity (Wildman–Crippen MR) is 63.6 cm³/mol. The Bertz CT molecular complexity index is 534. The number of rotatable bonds is 4. The number of benzene rings is 1. The van der Waals surface area contributed by atoms with Crippen LogP contribution in [0.25, 0.3) is 0 Å². The van der Waals surface area contributed by atoms with Gasteiger partial charge in [0.2, 0.25) is 11.2 Å². The molecule has 0 unspecified atom stereocenters. The summed E-state index contributed by atoms with van der Waals surface area (Å²) in [5.74, 6) is 0.646. The van der Waals surface area contributed by atoms with Gasteiger partial charge in [-0.2, -0.15) is 0 Å². The summed E-state index contributed by atoms with van der Waals surface area (Å²) < 4.78 is 10.5. The van der Waals surface area contributed by atoms with Crippen molar-refractivity contribution in [3.63, 3.8) is 0 Å². The maximum absolute atomic E-state index is 11.6. The number of hydrogen-bond acceptors (Lipinski definition) is 4. The normalized spacial score (nSPS) is 10.2. The molecule has 1 heterocycles. The standard InChI is InChI=1S/C13H13NO3/c14-7-11-6-12(15)13(9-16-11)17-8-10-4-2-1-3-5-10/h1-6,9H,7-8,14H2. The van der Waals surface area contributed by atoms with E-state index in [2.05, 4.69) is 0 Å².